The molecule has 2 saturated heterocycles. The van der Waals surface area contributed by atoms with E-state index in [0.29, 0.717) is 38.5 Å². The number of anilines is 1. The number of hydrogen-bond acceptors (Lipinski definition) is 6. The second kappa shape index (κ2) is 9.21. The quantitative estimate of drug-likeness (QED) is 0.700. The van der Waals surface area contributed by atoms with Gasteiger partial charge in [-0.05, 0) is 37.1 Å². The van der Waals surface area contributed by atoms with Gasteiger partial charge in [-0.25, -0.2) is 12.7 Å². The molecule has 160 valence electrons. The minimum Gasteiger partial charge on any atom is -0.368 e. The molecule has 0 aliphatic carbocycles. The standard InChI is InChI=1S/C19H28N4O5S/c1-21(2)29(26,27)16-7-5-15(6-8-16)20-18(24)14-22-9-11-23(12-10-22)19(25)17-4-3-13-28-17/h5-8,17H,3-4,9-14H2,1-2H3,(H,20,24)/t17-/m1/s1. The Bertz CT molecular complexity index is 827. The van der Waals surface area contributed by atoms with Crippen LogP contribution in [0.1, 0.15) is 12.8 Å². The zero-order valence-electron chi connectivity index (χ0n) is 16.8. The number of benzene rings is 1. The van der Waals surface area contributed by atoms with Crippen molar-refractivity contribution in [3.63, 3.8) is 0 Å². The van der Waals surface area contributed by atoms with Gasteiger partial charge in [0, 0.05) is 52.6 Å². The third-order valence-corrected chi connectivity index (χ3v) is 7.00. The minimum atomic E-state index is -3.49. The minimum absolute atomic E-state index is 0.0550. The van der Waals surface area contributed by atoms with Crippen molar-refractivity contribution in [1.82, 2.24) is 14.1 Å². The summed E-state index contributed by atoms with van der Waals surface area (Å²) in [5.41, 5.74) is 0.542. The Morgan fingerprint density at radius 2 is 1.79 bits per heavy atom. The zero-order chi connectivity index (χ0) is 21.0. The molecule has 9 nitrogen and oxygen atoms in total. The topological polar surface area (TPSA) is 99.3 Å². The van der Waals surface area contributed by atoms with Crippen LogP contribution in [0.3, 0.4) is 0 Å². The molecule has 3 rings (SSSR count). The molecule has 0 saturated carbocycles. The number of sulfonamides is 1. The third-order valence-electron chi connectivity index (χ3n) is 5.17. The van der Waals surface area contributed by atoms with Crippen LogP contribution in [-0.4, -0.2) is 93.9 Å². The number of ether oxygens (including phenoxy) is 1. The van der Waals surface area contributed by atoms with Crippen molar-refractivity contribution in [2.75, 3.05) is 58.7 Å². The SMILES string of the molecule is CN(C)S(=O)(=O)c1ccc(NC(=O)CN2CCN(C(=O)[C@H]3CCCO3)CC2)cc1. The number of nitrogens with zero attached hydrogens (tertiary/aromatic N) is 3. The number of carbonyl (C=O) groups is 2. The van der Waals surface area contributed by atoms with Crippen LogP contribution in [0.15, 0.2) is 29.2 Å². The van der Waals surface area contributed by atoms with Crippen LogP contribution in [0, 0.1) is 0 Å². The highest BCUT2D eigenvalue weighted by Crippen LogP contribution is 2.17. The summed E-state index contributed by atoms with van der Waals surface area (Å²) in [6.45, 7) is 3.31. The van der Waals surface area contributed by atoms with Gasteiger partial charge in [0.2, 0.25) is 15.9 Å². The Labute approximate surface area is 171 Å². The monoisotopic (exact) mass is 424 g/mol. The number of rotatable bonds is 6. The summed E-state index contributed by atoms with van der Waals surface area (Å²) in [7, 11) is -0.549. The molecule has 1 N–H and O–H groups in total. The van der Waals surface area contributed by atoms with Crippen LogP contribution in [0.5, 0.6) is 0 Å². The van der Waals surface area contributed by atoms with Crippen LogP contribution in [-0.2, 0) is 24.3 Å². The maximum Gasteiger partial charge on any atom is 0.251 e. The normalized spacial score (nSPS) is 20.8. The van der Waals surface area contributed by atoms with Crippen molar-refractivity contribution in [1.29, 1.82) is 0 Å². The molecule has 10 heteroatoms. The first-order valence-electron chi connectivity index (χ1n) is 9.72. The summed E-state index contributed by atoms with van der Waals surface area (Å²) in [5, 5.41) is 2.79. The fourth-order valence-corrected chi connectivity index (χ4v) is 4.33. The lowest BCUT2D eigenvalue weighted by Crippen LogP contribution is -2.52. The van der Waals surface area contributed by atoms with Crippen molar-refractivity contribution >= 4 is 27.5 Å². The first-order chi connectivity index (χ1) is 13.8. The average molecular weight is 425 g/mol. The van der Waals surface area contributed by atoms with E-state index in [1.165, 1.54) is 26.2 Å². The molecule has 0 unspecified atom stereocenters. The van der Waals surface area contributed by atoms with Gasteiger partial charge in [0.15, 0.2) is 0 Å². The number of carbonyl (C=O) groups excluding carboxylic acids is 2. The highest BCUT2D eigenvalue weighted by Gasteiger charge is 2.30. The molecule has 2 amide bonds. The van der Waals surface area contributed by atoms with Gasteiger partial charge in [-0.3, -0.25) is 14.5 Å². The van der Waals surface area contributed by atoms with E-state index in [1.807, 2.05) is 9.80 Å². The smallest absolute Gasteiger partial charge is 0.251 e. The van der Waals surface area contributed by atoms with Gasteiger partial charge >= 0.3 is 0 Å². The Morgan fingerprint density at radius 3 is 2.34 bits per heavy atom. The van der Waals surface area contributed by atoms with E-state index in [-0.39, 0.29) is 29.4 Å². The van der Waals surface area contributed by atoms with Gasteiger partial charge in [-0.15, -0.1) is 0 Å². The third kappa shape index (κ3) is 5.33. The molecule has 1 aromatic rings. The predicted molar refractivity (Wildman–Crippen MR) is 108 cm³/mol. The van der Waals surface area contributed by atoms with Crippen LogP contribution >= 0.6 is 0 Å². The van der Waals surface area contributed by atoms with Gasteiger partial charge in [-0.2, -0.15) is 0 Å². The van der Waals surface area contributed by atoms with Gasteiger partial charge in [0.1, 0.15) is 6.10 Å². The largest absolute Gasteiger partial charge is 0.368 e. The van der Waals surface area contributed by atoms with Crippen molar-refractivity contribution < 1.29 is 22.7 Å². The lowest BCUT2D eigenvalue weighted by atomic mass is 10.2. The van der Waals surface area contributed by atoms with Crippen molar-refractivity contribution in [2.45, 2.75) is 23.8 Å². The lowest BCUT2D eigenvalue weighted by Gasteiger charge is -2.35. The maximum absolute atomic E-state index is 12.4. The van der Waals surface area contributed by atoms with Crippen molar-refractivity contribution in [3.05, 3.63) is 24.3 Å². The second-order valence-corrected chi connectivity index (χ2v) is 9.61. The van der Waals surface area contributed by atoms with Crippen LogP contribution in [0.2, 0.25) is 0 Å². The summed E-state index contributed by atoms with van der Waals surface area (Å²) in [4.78, 5) is 28.7. The van der Waals surface area contributed by atoms with E-state index < -0.39 is 10.0 Å². The number of piperazine rings is 1. The number of amides is 2. The maximum atomic E-state index is 12.4. The van der Waals surface area contributed by atoms with E-state index in [0.717, 1.165) is 17.1 Å². The molecule has 1 atom stereocenters. The second-order valence-electron chi connectivity index (χ2n) is 7.46. The molecule has 0 spiro atoms. The Morgan fingerprint density at radius 1 is 1.14 bits per heavy atom. The number of nitrogens with one attached hydrogen (secondary N) is 1. The van der Waals surface area contributed by atoms with Crippen LogP contribution < -0.4 is 5.32 Å². The number of hydrogen-bond donors (Lipinski definition) is 1. The van der Waals surface area contributed by atoms with Gasteiger partial charge in [-0.1, -0.05) is 0 Å². The van der Waals surface area contributed by atoms with Crippen LogP contribution in [0.4, 0.5) is 5.69 Å². The molecule has 29 heavy (non-hydrogen) atoms. The van der Waals surface area contributed by atoms with Crippen molar-refractivity contribution in [2.24, 2.45) is 0 Å². The molecule has 2 fully saturated rings. The fraction of sp³-hybridized carbons (Fsp3) is 0.579. The molecular formula is C19H28N4O5S. The Hall–Kier alpha value is -2.01. The summed E-state index contributed by atoms with van der Waals surface area (Å²) in [6.07, 6.45) is 1.42. The summed E-state index contributed by atoms with van der Waals surface area (Å²) in [6, 6.07) is 6.10. The molecule has 0 aromatic heterocycles. The van der Waals surface area contributed by atoms with Crippen LogP contribution in [0.25, 0.3) is 0 Å². The molecule has 1 aromatic carbocycles. The molecule has 0 bridgehead atoms. The molecular weight excluding hydrogens is 396 g/mol. The van der Waals surface area contributed by atoms with E-state index >= 15 is 0 Å². The van der Waals surface area contributed by atoms with E-state index in [4.69, 9.17) is 4.74 Å². The molecule has 0 radical (unpaired) electrons. The highest BCUT2D eigenvalue weighted by molar-refractivity contribution is 7.89. The molecule has 2 aliphatic heterocycles. The highest BCUT2D eigenvalue weighted by atomic mass is 32.2. The van der Waals surface area contributed by atoms with Gasteiger partial charge in [0.25, 0.3) is 5.91 Å². The zero-order valence-corrected chi connectivity index (χ0v) is 17.7. The summed E-state index contributed by atoms with van der Waals surface area (Å²) in [5.74, 6) is -0.119. The predicted octanol–water partition coefficient (Wildman–Crippen LogP) is 0.199. The van der Waals surface area contributed by atoms with Gasteiger partial charge in [0.05, 0.1) is 11.4 Å². The average Bonchev–Trinajstić information content (AvgIpc) is 3.23. The van der Waals surface area contributed by atoms with E-state index in [1.54, 1.807) is 12.1 Å². The summed E-state index contributed by atoms with van der Waals surface area (Å²) >= 11 is 0. The van der Waals surface area contributed by atoms with Crippen molar-refractivity contribution in [3.8, 4) is 0 Å². The van der Waals surface area contributed by atoms with E-state index in [2.05, 4.69) is 5.32 Å². The first kappa shape index (κ1) is 21.7. The fourth-order valence-electron chi connectivity index (χ4n) is 3.43. The molecule has 2 aliphatic rings. The summed E-state index contributed by atoms with van der Waals surface area (Å²) < 4.78 is 30.8. The molecule has 2 heterocycles. The Kier molecular flexibility index (Phi) is 6.89. The first-order valence-corrected chi connectivity index (χ1v) is 11.2. The van der Waals surface area contributed by atoms with E-state index in [9.17, 15) is 18.0 Å². The Balaban J connectivity index is 1.46. The lowest BCUT2D eigenvalue weighted by molar-refractivity contribution is -0.142. The van der Waals surface area contributed by atoms with Gasteiger partial charge < -0.3 is 15.0 Å².